The van der Waals surface area contributed by atoms with Crippen LogP contribution in [0.5, 0.6) is 23.0 Å². The van der Waals surface area contributed by atoms with Gasteiger partial charge in [-0.2, -0.15) is 0 Å². The maximum atomic E-state index is 5.81. The van der Waals surface area contributed by atoms with Gasteiger partial charge in [0.05, 0.1) is 34.0 Å². The Balaban J connectivity index is 1.93. The topological polar surface area (TPSA) is 41.3 Å². The summed E-state index contributed by atoms with van der Waals surface area (Å²) < 4.78 is 24.6. The van der Waals surface area contributed by atoms with Crippen molar-refractivity contribution in [3.05, 3.63) is 79.1 Å². The number of methoxy groups -OCH3 is 4. The maximum Gasteiger partial charge on any atom is 0.161 e. The molecule has 3 aromatic carbocycles. The summed E-state index contributed by atoms with van der Waals surface area (Å²) in [7, 11) is 6.65. The lowest BCUT2D eigenvalue weighted by Gasteiger charge is -2.14. The Morgan fingerprint density at radius 3 is 2.06 bits per heavy atom. The molecule has 0 N–H and O–H groups in total. The van der Waals surface area contributed by atoms with E-state index in [1.165, 1.54) is 0 Å². The summed E-state index contributed by atoms with van der Waals surface area (Å²) in [6.45, 7) is 0. The van der Waals surface area contributed by atoms with Crippen LogP contribution in [0.1, 0.15) is 0 Å². The van der Waals surface area contributed by atoms with Crippen molar-refractivity contribution in [3.63, 3.8) is 0 Å². The summed E-state index contributed by atoms with van der Waals surface area (Å²) in [5.74, 6) is 2.88. The summed E-state index contributed by atoms with van der Waals surface area (Å²) in [4.78, 5) is 0. The van der Waals surface area contributed by atoms with Gasteiger partial charge in [-0.05, 0) is 41.3 Å². The fraction of sp³-hybridized carbons (Fsp3) is 0.143. The fourth-order valence-electron chi connectivity index (χ4n) is 4.43. The Hall–Kier alpha value is -4.12. The second-order valence-electron chi connectivity index (χ2n) is 7.72. The molecule has 5 rings (SSSR count). The Morgan fingerprint density at radius 2 is 1.36 bits per heavy atom. The van der Waals surface area contributed by atoms with E-state index in [-0.39, 0.29) is 0 Å². The van der Waals surface area contributed by atoms with Crippen LogP contribution in [0.15, 0.2) is 79.1 Å². The third-order valence-corrected chi connectivity index (χ3v) is 6.02. The molecule has 2 heterocycles. The molecule has 0 saturated carbocycles. The molecule has 2 aromatic heterocycles. The van der Waals surface area contributed by atoms with Gasteiger partial charge >= 0.3 is 0 Å². The van der Waals surface area contributed by atoms with Crippen molar-refractivity contribution >= 4 is 16.3 Å². The highest BCUT2D eigenvalue weighted by atomic mass is 16.5. The minimum atomic E-state index is 0.688. The number of ether oxygens (including phenoxy) is 4. The quantitative estimate of drug-likeness (QED) is 0.304. The molecule has 0 unspecified atom stereocenters. The lowest BCUT2D eigenvalue weighted by atomic mass is 9.95. The molecule has 0 aliphatic heterocycles. The molecule has 166 valence electrons. The summed E-state index contributed by atoms with van der Waals surface area (Å²) in [6, 6.07) is 22.5. The highest BCUT2D eigenvalue weighted by Gasteiger charge is 2.21. The molecule has 5 nitrogen and oxygen atoms in total. The average molecular weight is 440 g/mol. The number of benzene rings is 3. The van der Waals surface area contributed by atoms with Crippen LogP contribution in [0, 0.1) is 0 Å². The van der Waals surface area contributed by atoms with Gasteiger partial charge in [-0.3, -0.25) is 0 Å². The van der Waals surface area contributed by atoms with E-state index in [2.05, 4.69) is 53.2 Å². The Kier molecular flexibility index (Phi) is 5.31. The maximum absolute atomic E-state index is 5.81. The molecule has 0 fully saturated rings. The highest BCUT2D eigenvalue weighted by Crippen LogP contribution is 2.45. The lowest BCUT2D eigenvalue weighted by molar-refractivity contribution is 0.356. The second kappa shape index (κ2) is 8.43. The number of nitrogens with zero attached hydrogens (tertiary/aromatic N) is 1. The number of fused-ring (bicyclic) bond motifs is 3. The Bertz CT molecular complexity index is 1450. The van der Waals surface area contributed by atoms with Crippen LogP contribution >= 0.6 is 0 Å². The van der Waals surface area contributed by atoms with Crippen LogP contribution in [0.25, 0.3) is 38.5 Å². The van der Waals surface area contributed by atoms with Gasteiger partial charge in [0.2, 0.25) is 0 Å². The molecule has 0 saturated heterocycles. The van der Waals surface area contributed by atoms with Gasteiger partial charge < -0.3 is 23.3 Å². The second-order valence-corrected chi connectivity index (χ2v) is 7.72. The van der Waals surface area contributed by atoms with E-state index in [9.17, 15) is 0 Å². The number of rotatable bonds is 6. The van der Waals surface area contributed by atoms with Crippen molar-refractivity contribution in [1.29, 1.82) is 0 Å². The van der Waals surface area contributed by atoms with E-state index in [0.717, 1.165) is 50.0 Å². The van der Waals surface area contributed by atoms with Gasteiger partial charge in [0.15, 0.2) is 11.5 Å². The average Bonchev–Trinajstić information content (AvgIpc) is 3.27. The van der Waals surface area contributed by atoms with E-state index in [4.69, 9.17) is 18.9 Å². The molecule has 0 aliphatic carbocycles. The van der Waals surface area contributed by atoms with Gasteiger partial charge in [0, 0.05) is 40.5 Å². The van der Waals surface area contributed by atoms with Crippen LogP contribution in [-0.2, 0) is 0 Å². The van der Waals surface area contributed by atoms with Crippen molar-refractivity contribution in [2.24, 2.45) is 0 Å². The Morgan fingerprint density at radius 1 is 0.636 bits per heavy atom. The number of hydrogen-bond donors (Lipinski definition) is 0. The molecule has 5 heteroatoms. The predicted octanol–water partition coefficient (Wildman–Crippen LogP) is 6.46. The van der Waals surface area contributed by atoms with Gasteiger partial charge in [0.1, 0.15) is 11.5 Å². The molecule has 33 heavy (non-hydrogen) atoms. The standard InChI is InChI=1S/C28H25NO4/c1-30-20-10-11-21(24(15-20)31-2)27-23(18-8-6-5-7-9-18)17-29-13-12-19-14-25(32-3)26(33-4)16-22(19)28(27)29/h5-17H,1-4H3. The van der Waals surface area contributed by atoms with Gasteiger partial charge in [-0.15, -0.1) is 0 Å². The minimum absolute atomic E-state index is 0.688. The normalized spacial score (nSPS) is 11.0. The first-order chi connectivity index (χ1) is 16.2. The minimum Gasteiger partial charge on any atom is -0.497 e. The van der Waals surface area contributed by atoms with E-state index >= 15 is 0 Å². The molecule has 0 spiro atoms. The van der Waals surface area contributed by atoms with Crippen molar-refractivity contribution in [1.82, 2.24) is 4.40 Å². The largest absolute Gasteiger partial charge is 0.497 e. The zero-order chi connectivity index (χ0) is 22.9. The third-order valence-electron chi connectivity index (χ3n) is 6.02. The van der Waals surface area contributed by atoms with Crippen LogP contribution in [0.3, 0.4) is 0 Å². The molecule has 0 radical (unpaired) electrons. The zero-order valence-corrected chi connectivity index (χ0v) is 19.1. The molecule has 0 amide bonds. The lowest BCUT2D eigenvalue weighted by Crippen LogP contribution is -1.94. The van der Waals surface area contributed by atoms with Crippen LogP contribution in [0.4, 0.5) is 0 Å². The molecule has 0 bridgehead atoms. The van der Waals surface area contributed by atoms with Crippen LogP contribution in [0.2, 0.25) is 0 Å². The molecular weight excluding hydrogens is 414 g/mol. The first kappa shape index (κ1) is 20.8. The number of pyridine rings is 1. The van der Waals surface area contributed by atoms with E-state index in [1.807, 2.05) is 30.3 Å². The summed E-state index contributed by atoms with van der Waals surface area (Å²) in [5.41, 5.74) is 5.38. The summed E-state index contributed by atoms with van der Waals surface area (Å²) >= 11 is 0. The van der Waals surface area contributed by atoms with E-state index < -0.39 is 0 Å². The van der Waals surface area contributed by atoms with Crippen molar-refractivity contribution < 1.29 is 18.9 Å². The highest BCUT2D eigenvalue weighted by molar-refractivity contribution is 6.09. The van der Waals surface area contributed by atoms with Gasteiger partial charge in [0.25, 0.3) is 0 Å². The SMILES string of the molecule is COc1ccc(-c2c(-c3ccccc3)cn3ccc4cc(OC)c(OC)cc4c23)c(OC)c1. The number of aromatic nitrogens is 1. The number of hydrogen-bond acceptors (Lipinski definition) is 4. The van der Waals surface area contributed by atoms with Gasteiger partial charge in [-0.1, -0.05) is 30.3 Å². The third kappa shape index (κ3) is 3.42. The first-order valence-electron chi connectivity index (χ1n) is 10.7. The molecule has 0 aliphatic rings. The fourth-order valence-corrected chi connectivity index (χ4v) is 4.43. The van der Waals surface area contributed by atoms with Crippen molar-refractivity contribution in [2.45, 2.75) is 0 Å². The van der Waals surface area contributed by atoms with Crippen LogP contribution in [-0.4, -0.2) is 32.8 Å². The van der Waals surface area contributed by atoms with E-state index in [0.29, 0.717) is 11.5 Å². The zero-order valence-electron chi connectivity index (χ0n) is 19.1. The first-order valence-corrected chi connectivity index (χ1v) is 10.7. The van der Waals surface area contributed by atoms with E-state index in [1.54, 1.807) is 28.4 Å². The Labute approximate surface area is 192 Å². The monoisotopic (exact) mass is 439 g/mol. The van der Waals surface area contributed by atoms with Crippen LogP contribution < -0.4 is 18.9 Å². The molecular formula is C28H25NO4. The van der Waals surface area contributed by atoms with Crippen molar-refractivity contribution in [2.75, 3.05) is 28.4 Å². The summed E-state index contributed by atoms with van der Waals surface area (Å²) in [6.07, 6.45) is 4.25. The van der Waals surface area contributed by atoms with Crippen molar-refractivity contribution in [3.8, 4) is 45.3 Å². The summed E-state index contributed by atoms with van der Waals surface area (Å²) in [5, 5.41) is 2.12. The molecule has 0 atom stereocenters. The predicted molar refractivity (Wildman–Crippen MR) is 132 cm³/mol. The molecule has 5 aromatic rings. The van der Waals surface area contributed by atoms with Gasteiger partial charge in [-0.25, -0.2) is 0 Å². The smallest absolute Gasteiger partial charge is 0.161 e.